The number of esters is 1. The molecule has 2 amide bonds. The second-order valence-electron chi connectivity index (χ2n) is 4.22. The van der Waals surface area contributed by atoms with Crippen LogP contribution in [0.1, 0.15) is 12.8 Å². The largest absolute Gasteiger partial charge is 0.466 e. The van der Waals surface area contributed by atoms with Gasteiger partial charge in [-0.25, -0.2) is 4.79 Å². The van der Waals surface area contributed by atoms with E-state index in [9.17, 15) is 14.4 Å². The predicted molar refractivity (Wildman–Crippen MR) is 70.8 cm³/mol. The maximum Gasteiger partial charge on any atom is 0.330 e. The molecule has 1 N–H and O–H groups in total. The summed E-state index contributed by atoms with van der Waals surface area (Å²) in [6, 6.07) is 0. The molecule has 1 fully saturated rings. The molecule has 7 nitrogen and oxygen atoms in total. The van der Waals surface area contributed by atoms with Crippen molar-refractivity contribution < 1.29 is 23.9 Å². The van der Waals surface area contributed by atoms with Gasteiger partial charge in [-0.3, -0.25) is 9.59 Å². The molecule has 0 aromatic rings. The van der Waals surface area contributed by atoms with Crippen LogP contribution in [0.4, 0.5) is 0 Å². The number of hydrogen-bond donors (Lipinski definition) is 1. The van der Waals surface area contributed by atoms with Crippen LogP contribution in [0.25, 0.3) is 0 Å². The summed E-state index contributed by atoms with van der Waals surface area (Å²) in [6.07, 6.45) is 3.06. The SMILES string of the molecule is COC(=O)/C=C/CNC(=O)CCC(=O)N1CCOCC1. The predicted octanol–water partition coefficient (Wildman–Crippen LogP) is -0.529. The minimum Gasteiger partial charge on any atom is -0.466 e. The summed E-state index contributed by atoms with van der Waals surface area (Å²) in [5.74, 6) is -0.726. The molecule has 7 heteroatoms. The fourth-order valence-electron chi connectivity index (χ4n) is 1.68. The van der Waals surface area contributed by atoms with E-state index < -0.39 is 5.97 Å². The normalized spacial score (nSPS) is 15.2. The zero-order valence-corrected chi connectivity index (χ0v) is 11.6. The fourth-order valence-corrected chi connectivity index (χ4v) is 1.68. The van der Waals surface area contributed by atoms with Gasteiger partial charge in [0.2, 0.25) is 11.8 Å². The molecule has 1 aliphatic rings. The lowest BCUT2D eigenvalue weighted by Gasteiger charge is -2.26. The number of ether oxygens (including phenoxy) is 2. The maximum absolute atomic E-state index is 11.8. The van der Waals surface area contributed by atoms with Crippen molar-refractivity contribution in [1.29, 1.82) is 0 Å². The molecule has 0 spiro atoms. The number of carbonyl (C=O) groups excluding carboxylic acids is 3. The van der Waals surface area contributed by atoms with Crippen molar-refractivity contribution in [2.75, 3.05) is 40.0 Å². The smallest absolute Gasteiger partial charge is 0.330 e. The van der Waals surface area contributed by atoms with Gasteiger partial charge in [-0.15, -0.1) is 0 Å². The quantitative estimate of drug-likeness (QED) is 0.523. The van der Waals surface area contributed by atoms with Gasteiger partial charge in [0.25, 0.3) is 0 Å². The van der Waals surface area contributed by atoms with Crippen molar-refractivity contribution >= 4 is 17.8 Å². The summed E-state index contributed by atoms with van der Waals surface area (Å²) >= 11 is 0. The van der Waals surface area contributed by atoms with E-state index in [0.29, 0.717) is 26.3 Å². The maximum atomic E-state index is 11.8. The molecule has 1 aliphatic heterocycles. The lowest BCUT2D eigenvalue weighted by atomic mass is 10.2. The number of rotatable bonds is 6. The molecule has 0 saturated carbocycles. The highest BCUT2D eigenvalue weighted by Crippen LogP contribution is 2.02. The summed E-state index contributed by atoms with van der Waals surface area (Å²) in [4.78, 5) is 35.7. The van der Waals surface area contributed by atoms with Crippen LogP contribution in [-0.2, 0) is 23.9 Å². The molecule has 0 unspecified atom stereocenters. The third kappa shape index (κ3) is 6.33. The highest BCUT2D eigenvalue weighted by Gasteiger charge is 2.17. The van der Waals surface area contributed by atoms with Gasteiger partial charge in [0.1, 0.15) is 0 Å². The summed E-state index contributed by atoms with van der Waals surface area (Å²) in [5, 5.41) is 2.59. The van der Waals surface area contributed by atoms with Crippen LogP contribution < -0.4 is 5.32 Å². The van der Waals surface area contributed by atoms with E-state index in [1.165, 1.54) is 19.3 Å². The van der Waals surface area contributed by atoms with E-state index >= 15 is 0 Å². The van der Waals surface area contributed by atoms with Crippen LogP contribution in [0.2, 0.25) is 0 Å². The molecule has 20 heavy (non-hydrogen) atoms. The highest BCUT2D eigenvalue weighted by molar-refractivity contribution is 5.84. The fraction of sp³-hybridized carbons (Fsp3) is 0.615. The molecule has 0 aromatic carbocycles. The van der Waals surface area contributed by atoms with E-state index in [4.69, 9.17) is 4.74 Å². The Balaban J connectivity index is 2.14. The first-order valence-corrected chi connectivity index (χ1v) is 6.50. The first-order chi connectivity index (χ1) is 9.63. The second-order valence-corrected chi connectivity index (χ2v) is 4.22. The Morgan fingerprint density at radius 2 is 1.95 bits per heavy atom. The number of methoxy groups -OCH3 is 1. The van der Waals surface area contributed by atoms with Gasteiger partial charge in [0, 0.05) is 38.6 Å². The van der Waals surface area contributed by atoms with E-state index in [1.54, 1.807) is 4.90 Å². The molecule has 1 rings (SSSR count). The van der Waals surface area contributed by atoms with Crippen molar-refractivity contribution in [3.63, 3.8) is 0 Å². The summed E-state index contributed by atoms with van der Waals surface area (Å²) in [6.45, 7) is 2.51. The Kier molecular flexibility index (Phi) is 7.34. The zero-order chi connectivity index (χ0) is 14.8. The third-order valence-corrected chi connectivity index (χ3v) is 2.80. The molecule has 112 valence electrons. The van der Waals surface area contributed by atoms with Crippen LogP contribution in [0.15, 0.2) is 12.2 Å². The van der Waals surface area contributed by atoms with Gasteiger partial charge in [-0.05, 0) is 0 Å². The minimum atomic E-state index is -0.471. The molecule has 0 aromatic heterocycles. The number of nitrogens with one attached hydrogen (secondary N) is 1. The van der Waals surface area contributed by atoms with Crippen molar-refractivity contribution in [2.24, 2.45) is 0 Å². The third-order valence-electron chi connectivity index (χ3n) is 2.80. The van der Waals surface area contributed by atoms with Crippen molar-refractivity contribution in [3.8, 4) is 0 Å². The molecule has 0 atom stereocenters. The first kappa shape index (κ1) is 16.2. The Morgan fingerprint density at radius 3 is 2.60 bits per heavy atom. The van der Waals surface area contributed by atoms with Crippen molar-refractivity contribution in [2.45, 2.75) is 12.8 Å². The van der Waals surface area contributed by atoms with Crippen LogP contribution in [0, 0.1) is 0 Å². The Morgan fingerprint density at radius 1 is 1.25 bits per heavy atom. The average Bonchev–Trinajstić information content (AvgIpc) is 2.49. The summed E-state index contributed by atoms with van der Waals surface area (Å²) < 4.78 is 9.56. The van der Waals surface area contributed by atoms with Crippen molar-refractivity contribution in [3.05, 3.63) is 12.2 Å². The summed E-state index contributed by atoms with van der Waals surface area (Å²) in [7, 11) is 1.28. The second kappa shape index (κ2) is 9.08. The number of nitrogens with zero attached hydrogens (tertiary/aromatic N) is 1. The van der Waals surface area contributed by atoms with Gasteiger partial charge in [0.05, 0.1) is 20.3 Å². The number of hydrogen-bond acceptors (Lipinski definition) is 5. The van der Waals surface area contributed by atoms with Crippen LogP contribution in [0.3, 0.4) is 0 Å². The standard InChI is InChI=1S/C13H20N2O5/c1-19-13(18)3-2-6-14-11(16)4-5-12(17)15-7-9-20-10-8-15/h2-3H,4-10H2,1H3,(H,14,16)/b3-2+. The van der Waals surface area contributed by atoms with Gasteiger partial charge in [0.15, 0.2) is 0 Å². The van der Waals surface area contributed by atoms with Gasteiger partial charge < -0.3 is 19.7 Å². The molecular weight excluding hydrogens is 264 g/mol. The molecular formula is C13H20N2O5. The van der Waals surface area contributed by atoms with E-state index in [2.05, 4.69) is 10.1 Å². The number of carbonyl (C=O) groups is 3. The molecule has 1 heterocycles. The lowest BCUT2D eigenvalue weighted by Crippen LogP contribution is -2.41. The molecule has 0 aliphatic carbocycles. The molecule has 1 saturated heterocycles. The van der Waals surface area contributed by atoms with Gasteiger partial charge in [-0.1, -0.05) is 6.08 Å². The Bertz CT molecular complexity index is 375. The highest BCUT2D eigenvalue weighted by atomic mass is 16.5. The zero-order valence-electron chi connectivity index (χ0n) is 11.6. The minimum absolute atomic E-state index is 0.0337. The van der Waals surface area contributed by atoms with Crippen LogP contribution in [-0.4, -0.2) is 62.6 Å². The lowest BCUT2D eigenvalue weighted by molar-refractivity contribution is -0.137. The number of morpholine rings is 1. The Labute approximate surface area is 117 Å². The van der Waals surface area contributed by atoms with Crippen LogP contribution in [0.5, 0.6) is 0 Å². The molecule has 0 radical (unpaired) electrons. The van der Waals surface area contributed by atoms with Crippen molar-refractivity contribution in [1.82, 2.24) is 10.2 Å². The van der Waals surface area contributed by atoms with Gasteiger partial charge in [-0.2, -0.15) is 0 Å². The topological polar surface area (TPSA) is 84.9 Å². The first-order valence-electron chi connectivity index (χ1n) is 6.50. The average molecular weight is 284 g/mol. The van der Waals surface area contributed by atoms with Crippen LogP contribution >= 0.6 is 0 Å². The monoisotopic (exact) mass is 284 g/mol. The van der Waals surface area contributed by atoms with E-state index in [1.807, 2.05) is 0 Å². The van der Waals surface area contributed by atoms with E-state index in [-0.39, 0.29) is 31.2 Å². The number of amides is 2. The summed E-state index contributed by atoms with van der Waals surface area (Å²) in [5.41, 5.74) is 0. The Hall–Kier alpha value is -1.89. The molecule has 0 bridgehead atoms. The van der Waals surface area contributed by atoms with Gasteiger partial charge >= 0.3 is 5.97 Å². The van der Waals surface area contributed by atoms with E-state index in [0.717, 1.165) is 0 Å².